The Labute approximate surface area is 151 Å². The largest absolute Gasteiger partial charge is 0.482 e. The lowest BCUT2D eigenvalue weighted by molar-refractivity contribution is -0.139. The highest BCUT2D eigenvalue weighted by atomic mass is 19.1. The molecule has 0 atom stereocenters. The van der Waals surface area contributed by atoms with Gasteiger partial charge in [0.2, 0.25) is 5.91 Å². The van der Waals surface area contributed by atoms with Gasteiger partial charge >= 0.3 is 5.97 Å². The Kier molecular flexibility index (Phi) is 6.33. The Morgan fingerprint density at radius 2 is 1.85 bits per heavy atom. The van der Waals surface area contributed by atoms with Gasteiger partial charge in [-0.2, -0.15) is 0 Å². The molecule has 0 fully saturated rings. The Hall–Kier alpha value is -2.89. The average Bonchev–Trinajstić information content (AvgIpc) is 2.61. The van der Waals surface area contributed by atoms with Gasteiger partial charge in [0, 0.05) is 6.54 Å². The second-order valence-corrected chi connectivity index (χ2v) is 6.47. The van der Waals surface area contributed by atoms with Crippen molar-refractivity contribution in [2.45, 2.75) is 25.7 Å². The van der Waals surface area contributed by atoms with Gasteiger partial charge in [-0.05, 0) is 55.7 Å². The zero-order valence-electron chi connectivity index (χ0n) is 14.8. The van der Waals surface area contributed by atoms with Crippen LogP contribution in [0.4, 0.5) is 4.39 Å². The summed E-state index contributed by atoms with van der Waals surface area (Å²) in [6.45, 7) is 3.56. The molecule has 2 rings (SSSR count). The lowest BCUT2D eigenvalue weighted by atomic mass is 9.83. The van der Waals surface area contributed by atoms with E-state index in [9.17, 15) is 14.0 Å². The summed E-state index contributed by atoms with van der Waals surface area (Å²) < 4.78 is 18.5. The van der Waals surface area contributed by atoms with Crippen molar-refractivity contribution < 1.29 is 23.8 Å². The number of hydrogen-bond acceptors (Lipinski definition) is 3. The first-order valence-electron chi connectivity index (χ1n) is 8.27. The number of carbonyl (C=O) groups is 2. The van der Waals surface area contributed by atoms with Gasteiger partial charge in [0.05, 0.1) is 5.41 Å². The van der Waals surface area contributed by atoms with Gasteiger partial charge in [0.15, 0.2) is 6.61 Å². The lowest BCUT2D eigenvalue weighted by Gasteiger charge is -2.24. The molecule has 6 heteroatoms. The van der Waals surface area contributed by atoms with E-state index in [1.165, 1.54) is 12.1 Å². The van der Waals surface area contributed by atoms with Crippen LogP contribution in [0.15, 0.2) is 48.5 Å². The van der Waals surface area contributed by atoms with Crippen LogP contribution in [0.25, 0.3) is 0 Å². The number of halogens is 1. The highest BCUT2D eigenvalue weighted by molar-refractivity contribution is 5.87. The topological polar surface area (TPSA) is 75.6 Å². The van der Waals surface area contributed by atoms with Crippen molar-refractivity contribution in [1.29, 1.82) is 0 Å². The summed E-state index contributed by atoms with van der Waals surface area (Å²) in [5.41, 5.74) is 0.767. The summed E-state index contributed by atoms with van der Waals surface area (Å²) in [6, 6.07) is 13.1. The summed E-state index contributed by atoms with van der Waals surface area (Å²) >= 11 is 0. The van der Waals surface area contributed by atoms with Crippen LogP contribution in [-0.2, 0) is 21.4 Å². The number of rotatable bonds is 8. The molecule has 0 saturated carbocycles. The Morgan fingerprint density at radius 1 is 1.15 bits per heavy atom. The number of amides is 1. The van der Waals surface area contributed by atoms with Crippen molar-refractivity contribution in [3.63, 3.8) is 0 Å². The number of aliphatic carboxylic acids is 1. The second kappa shape index (κ2) is 8.47. The fourth-order valence-electron chi connectivity index (χ4n) is 2.45. The standard InChI is InChI=1S/C20H22FNO4/c1-20(2,15-4-3-5-16(21)12-15)19(25)22-11-10-14-6-8-17(9-7-14)26-13-18(23)24/h3-9,12H,10-11,13H2,1-2H3,(H,22,25)(H,23,24). The quantitative estimate of drug-likeness (QED) is 0.760. The monoisotopic (exact) mass is 359 g/mol. The van der Waals surface area contributed by atoms with Crippen molar-refractivity contribution in [3.05, 3.63) is 65.5 Å². The number of ether oxygens (including phenoxy) is 1. The van der Waals surface area contributed by atoms with Crippen LogP contribution in [-0.4, -0.2) is 30.1 Å². The minimum atomic E-state index is -1.03. The third-order valence-electron chi connectivity index (χ3n) is 4.10. The normalized spacial score (nSPS) is 11.0. The predicted molar refractivity (Wildman–Crippen MR) is 95.7 cm³/mol. The second-order valence-electron chi connectivity index (χ2n) is 6.47. The molecule has 2 aromatic rings. The van der Waals surface area contributed by atoms with E-state index in [0.29, 0.717) is 24.3 Å². The number of carbonyl (C=O) groups excluding carboxylic acids is 1. The molecule has 0 heterocycles. The van der Waals surface area contributed by atoms with E-state index >= 15 is 0 Å². The van der Waals surface area contributed by atoms with E-state index in [4.69, 9.17) is 9.84 Å². The fraction of sp³-hybridized carbons (Fsp3) is 0.300. The van der Waals surface area contributed by atoms with Crippen LogP contribution in [0.5, 0.6) is 5.75 Å². The van der Waals surface area contributed by atoms with Gasteiger partial charge in [0.25, 0.3) is 0 Å². The number of carboxylic acid groups (broad SMARTS) is 1. The van der Waals surface area contributed by atoms with Crippen LogP contribution in [0.3, 0.4) is 0 Å². The minimum Gasteiger partial charge on any atom is -0.482 e. The smallest absolute Gasteiger partial charge is 0.341 e. The van der Waals surface area contributed by atoms with Gasteiger partial charge in [-0.3, -0.25) is 4.79 Å². The summed E-state index contributed by atoms with van der Waals surface area (Å²) in [7, 11) is 0. The molecule has 0 aromatic heterocycles. The van der Waals surface area contributed by atoms with Gasteiger partial charge in [-0.15, -0.1) is 0 Å². The third-order valence-corrected chi connectivity index (χ3v) is 4.10. The summed E-state index contributed by atoms with van der Waals surface area (Å²) in [5, 5.41) is 11.4. The van der Waals surface area contributed by atoms with Gasteiger partial charge in [-0.25, -0.2) is 9.18 Å². The molecule has 5 nitrogen and oxygen atoms in total. The van der Waals surface area contributed by atoms with Gasteiger partial charge in [0.1, 0.15) is 11.6 Å². The molecular weight excluding hydrogens is 337 g/mol. The first kappa shape index (κ1) is 19.4. The summed E-state index contributed by atoms with van der Waals surface area (Å²) in [6.07, 6.45) is 0.615. The van der Waals surface area contributed by atoms with E-state index < -0.39 is 11.4 Å². The van der Waals surface area contributed by atoms with Crippen molar-refractivity contribution in [1.82, 2.24) is 5.32 Å². The number of nitrogens with one attached hydrogen (secondary N) is 1. The first-order chi connectivity index (χ1) is 12.3. The molecule has 0 bridgehead atoms. The van der Waals surface area contributed by atoms with Crippen LogP contribution < -0.4 is 10.1 Å². The average molecular weight is 359 g/mol. The van der Waals surface area contributed by atoms with Gasteiger partial charge in [-0.1, -0.05) is 24.3 Å². The van der Waals surface area contributed by atoms with E-state index in [-0.39, 0.29) is 18.3 Å². The molecule has 0 unspecified atom stereocenters. The molecule has 0 aliphatic heterocycles. The third kappa shape index (κ3) is 5.31. The van der Waals surface area contributed by atoms with Crippen LogP contribution >= 0.6 is 0 Å². The highest BCUT2D eigenvalue weighted by Crippen LogP contribution is 2.24. The molecule has 138 valence electrons. The molecule has 0 aliphatic rings. The zero-order valence-corrected chi connectivity index (χ0v) is 14.8. The van der Waals surface area contributed by atoms with Crippen LogP contribution in [0, 0.1) is 5.82 Å². The number of benzene rings is 2. The lowest BCUT2D eigenvalue weighted by Crippen LogP contribution is -2.41. The molecule has 26 heavy (non-hydrogen) atoms. The van der Waals surface area contributed by atoms with E-state index in [0.717, 1.165) is 5.56 Å². The minimum absolute atomic E-state index is 0.176. The highest BCUT2D eigenvalue weighted by Gasteiger charge is 2.29. The maximum atomic E-state index is 13.4. The van der Waals surface area contributed by atoms with Crippen molar-refractivity contribution in [3.8, 4) is 5.75 Å². The molecule has 2 aromatic carbocycles. The molecule has 0 spiro atoms. The maximum Gasteiger partial charge on any atom is 0.341 e. The molecule has 1 amide bonds. The van der Waals surface area contributed by atoms with Crippen molar-refractivity contribution >= 4 is 11.9 Å². The summed E-state index contributed by atoms with van der Waals surface area (Å²) in [5.74, 6) is -1.09. The Bertz CT molecular complexity index is 772. The zero-order chi connectivity index (χ0) is 19.2. The number of hydrogen-bond donors (Lipinski definition) is 2. The Balaban J connectivity index is 1.86. The van der Waals surface area contributed by atoms with Crippen LogP contribution in [0.2, 0.25) is 0 Å². The molecule has 0 aliphatic carbocycles. The molecule has 0 saturated heterocycles. The number of carboxylic acids is 1. The SMILES string of the molecule is CC(C)(C(=O)NCCc1ccc(OCC(=O)O)cc1)c1cccc(F)c1. The Morgan fingerprint density at radius 3 is 2.46 bits per heavy atom. The van der Waals surface area contributed by atoms with Crippen molar-refractivity contribution in [2.24, 2.45) is 0 Å². The first-order valence-corrected chi connectivity index (χ1v) is 8.27. The predicted octanol–water partition coefficient (Wildman–Crippen LogP) is 2.93. The molecule has 2 N–H and O–H groups in total. The van der Waals surface area contributed by atoms with E-state index in [1.54, 1.807) is 38.1 Å². The van der Waals surface area contributed by atoms with E-state index in [1.807, 2.05) is 12.1 Å². The fourth-order valence-corrected chi connectivity index (χ4v) is 2.45. The molecular formula is C20H22FNO4. The van der Waals surface area contributed by atoms with Crippen molar-refractivity contribution in [2.75, 3.05) is 13.2 Å². The van der Waals surface area contributed by atoms with Crippen LogP contribution in [0.1, 0.15) is 25.0 Å². The van der Waals surface area contributed by atoms with E-state index in [2.05, 4.69) is 5.32 Å². The maximum absolute atomic E-state index is 13.4. The summed E-state index contributed by atoms with van der Waals surface area (Å²) in [4.78, 5) is 22.9. The molecule has 0 radical (unpaired) electrons. The van der Waals surface area contributed by atoms with Gasteiger partial charge < -0.3 is 15.2 Å².